The van der Waals surface area contributed by atoms with Crippen molar-refractivity contribution in [3.05, 3.63) is 63.7 Å². The fraction of sp³-hybridized carbons (Fsp3) is 0.238. The highest BCUT2D eigenvalue weighted by Crippen LogP contribution is 2.35. The molecule has 0 atom stereocenters. The van der Waals surface area contributed by atoms with E-state index in [2.05, 4.69) is 5.32 Å². The molecule has 9 nitrogen and oxygen atoms in total. The molecule has 33 heavy (non-hydrogen) atoms. The number of hydrogen-bond donors (Lipinski definition) is 1. The van der Waals surface area contributed by atoms with E-state index in [1.54, 1.807) is 18.2 Å². The van der Waals surface area contributed by atoms with Crippen LogP contribution in [0, 0.1) is 10.1 Å². The predicted molar refractivity (Wildman–Crippen MR) is 111 cm³/mol. The molecular formula is C21H19F3N2O7. The summed E-state index contributed by atoms with van der Waals surface area (Å²) in [6.07, 6.45) is -2.34. The normalized spacial score (nSPS) is 11.2. The van der Waals surface area contributed by atoms with Gasteiger partial charge in [-0.25, -0.2) is 4.79 Å². The zero-order valence-electron chi connectivity index (χ0n) is 17.5. The zero-order valence-corrected chi connectivity index (χ0v) is 17.5. The number of amides is 1. The number of ether oxygens (including phenoxy) is 3. The molecule has 0 spiro atoms. The lowest BCUT2D eigenvalue weighted by atomic mass is 10.1. The van der Waals surface area contributed by atoms with E-state index < -0.39 is 46.5 Å². The Morgan fingerprint density at radius 2 is 1.88 bits per heavy atom. The van der Waals surface area contributed by atoms with Crippen molar-refractivity contribution in [1.29, 1.82) is 0 Å². The van der Waals surface area contributed by atoms with Crippen molar-refractivity contribution in [2.75, 3.05) is 25.6 Å². The fourth-order valence-corrected chi connectivity index (χ4v) is 2.56. The van der Waals surface area contributed by atoms with Crippen molar-refractivity contribution in [3.8, 4) is 11.5 Å². The number of methoxy groups -OCH3 is 1. The highest BCUT2D eigenvalue weighted by Gasteiger charge is 2.33. The number of nitrogens with one attached hydrogen (secondary N) is 1. The molecule has 0 aliphatic carbocycles. The first-order chi connectivity index (χ1) is 15.5. The third kappa shape index (κ3) is 7.23. The Morgan fingerprint density at radius 3 is 2.48 bits per heavy atom. The maximum Gasteiger partial charge on any atom is 0.416 e. The Bertz CT molecular complexity index is 1070. The number of nitrogens with zero attached hydrogens (tertiary/aromatic N) is 1. The van der Waals surface area contributed by atoms with Gasteiger partial charge in [0.25, 0.3) is 11.6 Å². The summed E-state index contributed by atoms with van der Waals surface area (Å²) < 4.78 is 53.6. The molecular weight excluding hydrogens is 449 g/mol. The SMILES string of the molecule is CCOc1ccc(/C=C/C(=O)OCC(=O)Nc2ccc(C(F)(F)F)cc2[N+](=O)[O-])cc1OC. The Kier molecular flexibility index (Phi) is 8.37. The highest BCUT2D eigenvalue weighted by atomic mass is 19.4. The lowest BCUT2D eigenvalue weighted by molar-refractivity contribution is -0.384. The molecule has 0 bridgehead atoms. The molecule has 2 rings (SSSR count). The second-order valence-corrected chi connectivity index (χ2v) is 6.32. The number of esters is 1. The predicted octanol–water partition coefficient (Wildman–Crippen LogP) is 4.22. The second-order valence-electron chi connectivity index (χ2n) is 6.32. The number of alkyl halides is 3. The van der Waals surface area contributed by atoms with Gasteiger partial charge < -0.3 is 19.5 Å². The van der Waals surface area contributed by atoms with Crippen molar-refractivity contribution >= 4 is 29.3 Å². The molecule has 1 N–H and O–H groups in total. The van der Waals surface area contributed by atoms with E-state index >= 15 is 0 Å². The van der Waals surface area contributed by atoms with E-state index in [0.29, 0.717) is 35.8 Å². The topological polar surface area (TPSA) is 117 Å². The maximum atomic E-state index is 12.7. The molecule has 176 valence electrons. The molecule has 2 aromatic carbocycles. The summed E-state index contributed by atoms with van der Waals surface area (Å²) in [5.74, 6) is -0.888. The number of benzene rings is 2. The highest BCUT2D eigenvalue weighted by molar-refractivity contribution is 5.96. The summed E-state index contributed by atoms with van der Waals surface area (Å²) in [5.41, 5.74) is -2.08. The Balaban J connectivity index is 1.98. The molecule has 0 saturated carbocycles. The third-order valence-electron chi connectivity index (χ3n) is 4.04. The first-order valence-corrected chi connectivity index (χ1v) is 9.36. The van der Waals surface area contributed by atoms with Crippen molar-refractivity contribution < 1.29 is 41.9 Å². The summed E-state index contributed by atoms with van der Waals surface area (Å²) in [5, 5.41) is 13.1. The summed E-state index contributed by atoms with van der Waals surface area (Å²) in [7, 11) is 1.46. The number of rotatable bonds is 9. The van der Waals surface area contributed by atoms with Gasteiger partial charge in [-0.3, -0.25) is 14.9 Å². The van der Waals surface area contributed by atoms with Crippen molar-refractivity contribution in [2.24, 2.45) is 0 Å². The van der Waals surface area contributed by atoms with Crippen LogP contribution >= 0.6 is 0 Å². The molecule has 0 aliphatic rings. The zero-order chi connectivity index (χ0) is 24.6. The standard InChI is InChI=1S/C21H19F3N2O7/c1-3-32-17-8-4-13(10-18(17)31-2)5-9-20(28)33-12-19(27)25-15-7-6-14(21(22,23)24)11-16(15)26(29)30/h4-11H,3,12H2,1-2H3,(H,25,27)/b9-5+. The molecule has 0 fully saturated rings. The Morgan fingerprint density at radius 1 is 1.15 bits per heavy atom. The van der Waals surface area contributed by atoms with Gasteiger partial charge in [-0.2, -0.15) is 13.2 Å². The average molecular weight is 468 g/mol. The van der Waals surface area contributed by atoms with Crippen LogP contribution in [0.2, 0.25) is 0 Å². The van der Waals surface area contributed by atoms with E-state index in [0.717, 1.165) is 12.1 Å². The molecule has 0 unspecified atom stereocenters. The van der Waals surface area contributed by atoms with Gasteiger partial charge in [0, 0.05) is 12.1 Å². The summed E-state index contributed by atoms with van der Waals surface area (Å²) in [4.78, 5) is 33.8. The molecule has 0 aromatic heterocycles. The molecule has 1 amide bonds. The van der Waals surface area contributed by atoms with Gasteiger partial charge in [-0.1, -0.05) is 6.07 Å². The van der Waals surface area contributed by atoms with Crippen molar-refractivity contribution in [3.63, 3.8) is 0 Å². The largest absolute Gasteiger partial charge is 0.493 e. The smallest absolute Gasteiger partial charge is 0.416 e. The minimum atomic E-state index is -4.79. The van der Waals surface area contributed by atoms with Crippen LogP contribution in [0.25, 0.3) is 6.08 Å². The molecule has 2 aromatic rings. The van der Waals surface area contributed by atoms with Crippen LogP contribution in [0.4, 0.5) is 24.5 Å². The molecule has 0 radical (unpaired) electrons. The van der Waals surface area contributed by atoms with Crippen LogP contribution in [-0.2, 0) is 20.5 Å². The van der Waals surface area contributed by atoms with E-state index in [9.17, 15) is 32.9 Å². The van der Waals surface area contributed by atoms with Gasteiger partial charge in [-0.15, -0.1) is 0 Å². The van der Waals surface area contributed by atoms with Gasteiger partial charge in [0.1, 0.15) is 5.69 Å². The van der Waals surface area contributed by atoms with Gasteiger partial charge in [-0.05, 0) is 42.8 Å². The van der Waals surface area contributed by atoms with Gasteiger partial charge in [0.05, 0.1) is 24.2 Å². The average Bonchev–Trinajstić information content (AvgIpc) is 2.76. The maximum absolute atomic E-state index is 12.7. The summed E-state index contributed by atoms with van der Waals surface area (Å²) in [6.45, 7) is 1.44. The summed E-state index contributed by atoms with van der Waals surface area (Å²) in [6, 6.07) is 6.56. The van der Waals surface area contributed by atoms with E-state index in [1.807, 2.05) is 6.92 Å². The lowest BCUT2D eigenvalue weighted by Gasteiger charge is -2.10. The Hall–Kier alpha value is -4.09. The second kappa shape index (κ2) is 11.0. The van der Waals surface area contributed by atoms with Crippen LogP contribution in [-0.4, -0.2) is 37.1 Å². The molecule has 12 heteroatoms. The quantitative estimate of drug-likeness (QED) is 0.253. The molecule has 0 saturated heterocycles. The lowest BCUT2D eigenvalue weighted by Crippen LogP contribution is -2.21. The van der Waals surface area contributed by atoms with Gasteiger partial charge >= 0.3 is 12.1 Å². The third-order valence-corrected chi connectivity index (χ3v) is 4.04. The summed E-state index contributed by atoms with van der Waals surface area (Å²) >= 11 is 0. The van der Waals surface area contributed by atoms with E-state index in [-0.39, 0.29) is 0 Å². The van der Waals surface area contributed by atoms with Crippen molar-refractivity contribution in [1.82, 2.24) is 0 Å². The van der Waals surface area contributed by atoms with E-state index in [4.69, 9.17) is 14.2 Å². The first-order valence-electron chi connectivity index (χ1n) is 9.36. The van der Waals surface area contributed by atoms with Crippen LogP contribution in [0.15, 0.2) is 42.5 Å². The minimum Gasteiger partial charge on any atom is -0.493 e. The van der Waals surface area contributed by atoms with Crippen molar-refractivity contribution in [2.45, 2.75) is 13.1 Å². The number of carbonyl (C=O) groups is 2. The Labute approximate surface area is 185 Å². The van der Waals surface area contributed by atoms with Gasteiger partial charge in [0.2, 0.25) is 0 Å². The first kappa shape index (κ1) is 25.2. The minimum absolute atomic E-state index is 0.301. The number of nitro benzene ring substituents is 1. The van der Waals surface area contributed by atoms with Crippen LogP contribution in [0.1, 0.15) is 18.1 Å². The van der Waals surface area contributed by atoms with Crippen LogP contribution in [0.3, 0.4) is 0 Å². The molecule has 0 aliphatic heterocycles. The molecule has 0 heterocycles. The number of nitro groups is 1. The van der Waals surface area contributed by atoms with Crippen LogP contribution in [0.5, 0.6) is 11.5 Å². The number of carbonyl (C=O) groups excluding carboxylic acids is 2. The van der Waals surface area contributed by atoms with E-state index in [1.165, 1.54) is 13.2 Å². The fourth-order valence-electron chi connectivity index (χ4n) is 2.56. The number of anilines is 1. The number of halogens is 3. The van der Waals surface area contributed by atoms with Gasteiger partial charge in [0.15, 0.2) is 18.1 Å². The number of hydrogen-bond acceptors (Lipinski definition) is 7. The van der Waals surface area contributed by atoms with Crippen LogP contribution < -0.4 is 14.8 Å². The monoisotopic (exact) mass is 468 g/mol.